The van der Waals surface area contributed by atoms with Crippen LogP contribution in [0.1, 0.15) is 0 Å². The van der Waals surface area contributed by atoms with Crippen LogP contribution in [0.4, 0.5) is 0 Å². The van der Waals surface area contributed by atoms with Gasteiger partial charge in [-0.15, -0.1) is 0 Å². The van der Waals surface area contributed by atoms with Crippen molar-refractivity contribution in [3.63, 3.8) is 0 Å². The maximum absolute atomic E-state index is 8.68. The Morgan fingerprint density at radius 1 is 0.737 bits per heavy atom. The van der Waals surface area contributed by atoms with Gasteiger partial charge in [-0.05, 0) is 40.1 Å². The maximum atomic E-state index is 8.68. The number of hydrogen-bond donors (Lipinski definition) is 1. The summed E-state index contributed by atoms with van der Waals surface area (Å²) < 4.78 is 4.99. The molecule has 0 unspecified atom stereocenters. The van der Waals surface area contributed by atoms with Crippen molar-refractivity contribution >= 4 is 18.5 Å². The highest BCUT2D eigenvalue weighted by molar-refractivity contribution is 6.17. The minimum atomic E-state index is 0.619. The molecule has 0 saturated heterocycles. The fraction of sp³-hybridized carbons (Fsp3) is 0. The summed E-state index contributed by atoms with van der Waals surface area (Å²) in [5.41, 5.74) is 2.19. The minimum Gasteiger partial charge on any atom is -0.537 e. The van der Waals surface area contributed by atoms with Crippen LogP contribution in [-0.4, -0.2) is 12.7 Å². The molecule has 2 nitrogen and oxygen atoms in total. The molecule has 0 fully saturated rings. The van der Waals surface area contributed by atoms with E-state index in [-0.39, 0.29) is 0 Å². The van der Waals surface area contributed by atoms with E-state index in [1.807, 2.05) is 30.3 Å². The summed E-state index contributed by atoms with van der Waals surface area (Å²) in [4.78, 5) is 0. The SMILES string of the molecule is O[B]Oc1cccc(-c2ccc3ccccc3c2)c1. The van der Waals surface area contributed by atoms with Crippen molar-refractivity contribution in [2.75, 3.05) is 0 Å². The Kier molecular flexibility index (Phi) is 3.21. The van der Waals surface area contributed by atoms with E-state index in [9.17, 15) is 0 Å². The molecule has 1 radical (unpaired) electrons. The van der Waals surface area contributed by atoms with Crippen LogP contribution in [0.3, 0.4) is 0 Å². The largest absolute Gasteiger partial charge is 0.569 e. The molecule has 1 N–H and O–H groups in total. The minimum absolute atomic E-state index is 0.619. The predicted molar refractivity (Wildman–Crippen MR) is 78.0 cm³/mol. The van der Waals surface area contributed by atoms with Gasteiger partial charge in [-0.25, -0.2) is 0 Å². The molecular weight excluding hydrogens is 235 g/mol. The maximum Gasteiger partial charge on any atom is 0.569 e. The molecule has 3 aromatic carbocycles. The Hall–Kier alpha value is -2.26. The van der Waals surface area contributed by atoms with E-state index in [1.54, 1.807) is 6.07 Å². The molecule has 91 valence electrons. The van der Waals surface area contributed by atoms with Gasteiger partial charge in [0.1, 0.15) is 5.75 Å². The fourth-order valence-corrected chi connectivity index (χ4v) is 2.18. The summed E-state index contributed by atoms with van der Waals surface area (Å²) >= 11 is 0. The molecular formula is C16H12BO2. The molecule has 0 spiro atoms. The lowest BCUT2D eigenvalue weighted by molar-refractivity contribution is 0.454. The monoisotopic (exact) mass is 247 g/mol. The van der Waals surface area contributed by atoms with E-state index >= 15 is 0 Å². The summed E-state index contributed by atoms with van der Waals surface area (Å²) in [7, 11) is 0.694. The smallest absolute Gasteiger partial charge is 0.537 e. The molecule has 3 heteroatoms. The van der Waals surface area contributed by atoms with E-state index in [2.05, 4.69) is 30.3 Å². The van der Waals surface area contributed by atoms with Crippen LogP contribution in [0.25, 0.3) is 21.9 Å². The number of rotatable bonds is 3. The van der Waals surface area contributed by atoms with Crippen LogP contribution in [-0.2, 0) is 0 Å². The lowest BCUT2D eigenvalue weighted by atomic mass is 10.0. The summed E-state index contributed by atoms with van der Waals surface area (Å²) in [6.45, 7) is 0. The summed E-state index contributed by atoms with van der Waals surface area (Å²) in [6.07, 6.45) is 0. The van der Waals surface area contributed by atoms with Gasteiger partial charge in [-0.2, -0.15) is 0 Å². The van der Waals surface area contributed by atoms with E-state index in [4.69, 9.17) is 9.68 Å². The van der Waals surface area contributed by atoms with Gasteiger partial charge in [-0.3, -0.25) is 0 Å². The van der Waals surface area contributed by atoms with Gasteiger partial charge in [0.25, 0.3) is 0 Å². The molecule has 0 aromatic heterocycles. The Balaban J connectivity index is 2.05. The van der Waals surface area contributed by atoms with Crippen LogP contribution >= 0.6 is 0 Å². The molecule has 0 amide bonds. The van der Waals surface area contributed by atoms with E-state index in [0.717, 1.165) is 11.1 Å². The van der Waals surface area contributed by atoms with Crippen molar-refractivity contribution in [1.29, 1.82) is 0 Å². The van der Waals surface area contributed by atoms with Crippen LogP contribution in [0.2, 0.25) is 0 Å². The molecule has 0 bridgehead atoms. The average molecular weight is 247 g/mol. The standard InChI is InChI=1S/C16H12BO2/c18-17-19-16-7-3-6-14(11-16)15-9-8-12-4-1-2-5-13(12)10-15/h1-11,18H. The van der Waals surface area contributed by atoms with E-state index < -0.39 is 0 Å². The second-order valence-corrected chi connectivity index (χ2v) is 4.31. The number of fused-ring (bicyclic) bond motifs is 1. The van der Waals surface area contributed by atoms with Crippen molar-refractivity contribution < 1.29 is 9.68 Å². The topological polar surface area (TPSA) is 29.5 Å². The van der Waals surface area contributed by atoms with E-state index in [0.29, 0.717) is 13.4 Å². The molecule has 0 saturated carbocycles. The third kappa shape index (κ3) is 2.46. The zero-order valence-electron chi connectivity index (χ0n) is 10.3. The average Bonchev–Trinajstić information content (AvgIpc) is 2.47. The molecule has 0 aliphatic heterocycles. The Bertz CT molecular complexity index is 710. The molecule has 0 aliphatic rings. The van der Waals surface area contributed by atoms with Gasteiger partial charge in [0.15, 0.2) is 0 Å². The molecule has 3 aromatic rings. The van der Waals surface area contributed by atoms with E-state index in [1.165, 1.54) is 10.8 Å². The lowest BCUT2D eigenvalue weighted by Crippen LogP contribution is -1.99. The normalized spacial score (nSPS) is 10.4. The Labute approximate surface area is 112 Å². The zero-order chi connectivity index (χ0) is 13.1. The first-order valence-corrected chi connectivity index (χ1v) is 6.08. The first kappa shape index (κ1) is 11.8. The first-order chi connectivity index (χ1) is 9.36. The second-order valence-electron chi connectivity index (χ2n) is 4.31. The second kappa shape index (κ2) is 5.16. The molecule has 0 heterocycles. The van der Waals surface area contributed by atoms with Crippen molar-refractivity contribution in [2.45, 2.75) is 0 Å². The fourth-order valence-electron chi connectivity index (χ4n) is 2.18. The zero-order valence-corrected chi connectivity index (χ0v) is 10.3. The van der Waals surface area contributed by atoms with Crippen LogP contribution in [0, 0.1) is 0 Å². The van der Waals surface area contributed by atoms with Gasteiger partial charge in [-0.1, -0.05) is 48.5 Å². The predicted octanol–water partition coefficient (Wildman–Crippen LogP) is 3.41. The van der Waals surface area contributed by atoms with Crippen LogP contribution in [0.5, 0.6) is 5.75 Å². The first-order valence-electron chi connectivity index (χ1n) is 6.08. The highest BCUT2D eigenvalue weighted by Gasteiger charge is 2.02. The highest BCUT2D eigenvalue weighted by atomic mass is 16.5. The third-order valence-electron chi connectivity index (χ3n) is 3.11. The summed E-state index contributed by atoms with van der Waals surface area (Å²) in [6, 6.07) is 22.2. The van der Waals surface area contributed by atoms with Gasteiger partial charge >= 0.3 is 7.69 Å². The van der Waals surface area contributed by atoms with Crippen molar-refractivity contribution in [3.8, 4) is 16.9 Å². The third-order valence-corrected chi connectivity index (χ3v) is 3.11. The molecule has 0 aliphatic carbocycles. The van der Waals surface area contributed by atoms with Crippen molar-refractivity contribution in [2.24, 2.45) is 0 Å². The summed E-state index contributed by atoms with van der Waals surface area (Å²) in [5.74, 6) is 0.619. The van der Waals surface area contributed by atoms with Crippen LogP contribution in [0.15, 0.2) is 66.7 Å². The Morgan fingerprint density at radius 2 is 1.53 bits per heavy atom. The van der Waals surface area contributed by atoms with Gasteiger partial charge in [0, 0.05) is 0 Å². The number of benzene rings is 3. The summed E-state index contributed by atoms with van der Waals surface area (Å²) in [5, 5.41) is 11.1. The molecule has 19 heavy (non-hydrogen) atoms. The van der Waals surface area contributed by atoms with Crippen molar-refractivity contribution in [1.82, 2.24) is 0 Å². The van der Waals surface area contributed by atoms with Gasteiger partial charge in [0.2, 0.25) is 0 Å². The molecule has 3 rings (SSSR count). The highest BCUT2D eigenvalue weighted by Crippen LogP contribution is 2.27. The Morgan fingerprint density at radius 3 is 2.37 bits per heavy atom. The lowest BCUT2D eigenvalue weighted by Gasteiger charge is -2.07. The van der Waals surface area contributed by atoms with Crippen molar-refractivity contribution in [3.05, 3.63) is 66.7 Å². The molecule has 0 atom stereocenters. The van der Waals surface area contributed by atoms with Gasteiger partial charge < -0.3 is 9.68 Å². The quantitative estimate of drug-likeness (QED) is 0.718. The number of hydrogen-bond acceptors (Lipinski definition) is 2. The van der Waals surface area contributed by atoms with Crippen LogP contribution < -0.4 is 4.65 Å². The van der Waals surface area contributed by atoms with Gasteiger partial charge in [0.05, 0.1) is 0 Å².